The smallest absolute Gasteiger partial charge is 0.383 e. The number of hydrazone groups is 1. The number of primary amides is 1. The van der Waals surface area contributed by atoms with E-state index in [1.54, 1.807) is 18.2 Å². The minimum Gasteiger partial charge on any atom is -0.383 e. The molecule has 1 unspecified atom stereocenters. The predicted octanol–water partition coefficient (Wildman–Crippen LogP) is 2.79. The second-order valence-electron chi connectivity index (χ2n) is 7.57. The maximum Gasteiger partial charge on any atom is 0.424 e. The van der Waals surface area contributed by atoms with Crippen molar-refractivity contribution in [2.24, 2.45) is 22.4 Å². The molecule has 0 radical (unpaired) electrons. The fraction of sp³-hybridized carbons (Fsp3) is 0.227. The Kier molecular flexibility index (Phi) is 6.75. The Morgan fingerprint density at radius 1 is 1.12 bits per heavy atom. The van der Waals surface area contributed by atoms with Gasteiger partial charge in [0.05, 0.1) is 12.1 Å². The number of hydrogen-bond acceptors (Lipinski definition) is 6. The first-order chi connectivity index (χ1) is 15.9. The number of nitrogens with two attached hydrogens (primary N) is 3. The zero-order valence-electron chi connectivity index (χ0n) is 18.0. The summed E-state index contributed by atoms with van der Waals surface area (Å²) in [7, 11) is 0. The van der Waals surface area contributed by atoms with E-state index in [0.717, 1.165) is 6.92 Å². The largest absolute Gasteiger partial charge is 0.424 e. The van der Waals surface area contributed by atoms with E-state index < -0.39 is 35.8 Å². The molecule has 3 aromatic rings. The standard InChI is InChI=1S/C22H22F4N6O2/c1-2-21(34,22(24,25)26)20(28)31-32(29)11-12-3-8-15-16(13-4-6-14(23)7-5-13)10-18(19(27)33)30-17(15)9-12/h3-10,34H,2,11,29H2,1H3,(H2,27,33)(H2,28,31). The Labute approximate surface area is 191 Å². The molecule has 2 aromatic carbocycles. The number of carbonyl (C=O) groups excluding carboxylic acids is 1. The van der Waals surface area contributed by atoms with Crippen LogP contribution in [-0.2, 0) is 6.54 Å². The molecule has 0 saturated heterocycles. The van der Waals surface area contributed by atoms with Gasteiger partial charge in [-0.1, -0.05) is 31.2 Å². The number of rotatable bonds is 7. The first kappa shape index (κ1) is 24.9. The van der Waals surface area contributed by atoms with Crippen LogP contribution in [0.3, 0.4) is 0 Å². The molecule has 0 saturated carbocycles. The van der Waals surface area contributed by atoms with Crippen LogP contribution in [0, 0.1) is 5.82 Å². The SMILES string of the molecule is CCC(O)(/C(N)=N/N(N)Cc1ccc2c(-c3ccc(F)cc3)cc(C(N)=O)nc2c1)C(F)(F)F. The molecule has 0 aliphatic rings. The number of alkyl halides is 3. The number of amides is 1. The summed E-state index contributed by atoms with van der Waals surface area (Å²) in [6.07, 6.45) is -5.79. The van der Waals surface area contributed by atoms with Crippen molar-refractivity contribution in [2.45, 2.75) is 31.7 Å². The van der Waals surface area contributed by atoms with E-state index in [1.807, 2.05) is 0 Å². The first-order valence-electron chi connectivity index (χ1n) is 10.0. The molecule has 0 bridgehead atoms. The fourth-order valence-corrected chi connectivity index (χ4v) is 3.34. The van der Waals surface area contributed by atoms with E-state index in [9.17, 15) is 27.5 Å². The molecular weight excluding hydrogens is 456 g/mol. The molecule has 1 amide bonds. The van der Waals surface area contributed by atoms with Crippen molar-refractivity contribution < 1.29 is 27.5 Å². The number of carbonyl (C=O) groups is 1. The number of hydrazine groups is 1. The van der Waals surface area contributed by atoms with Crippen molar-refractivity contribution in [1.29, 1.82) is 0 Å². The zero-order valence-corrected chi connectivity index (χ0v) is 18.0. The second-order valence-corrected chi connectivity index (χ2v) is 7.57. The molecule has 8 nitrogen and oxygen atoms in total. The highest BCUT2D eigenvalue weighted by Gasteiger charge is 2.56. The quantitative estimate of drug-likeness (QED) is 0.135. The summed E-state index contributed by atoms with van der Waals surface area (Å²) >= 11 is 0. The van der Waals surface area contributed by atoms with Crippen molar-refractivity contribution in [3.05, 3.63) is 65.6 Å². The van der Waals surface area contributed by atoms with Crippen LogP contribution in [0.2, 0.25) is 0 Å². The van der Waals surface area contributed by atoms with Gasteiger partial charge in [-0.2, -0.15) is 13.2 Å². The lowest BCUT2D eigenvalue weighted by atomic mass is 9.98. The van der Waals surface area contributed by atoms with Crippen molar-refractivity contribution >= 4 is 22.6 Å². The Hall–Kier alpha value is -3.77. The van der Waals surface area contributed by atoms with Crippen LogP contribution in [0.25, 0.3) is 22.0 Å². The lowest BCUT2D eigenvalue weighted by Gasteiger charge is -2.29. The van der Waals surface area contributed by atoms with Crippen molar-refractivity contribution in [3.63, 3.8) is 0 Å². The molecule has 180 valence electrons. The Balaban J connectivity index is 1.99. The van der Waals surface area contributed by atoms with Crippen LogP contribution in [0.5, 0.6) is 0 Å². The normalized spacial score (nSPS) is 14.1. The Bertz CT molecular complexity index is 1250. The Morgan fingerprint density at radius 3 is 2.32 bits per heavy atom. The van der Waals surface area contributed by atoms with Crippen LogP contribution < -0.4 is 17.3 Å². The van der Waals surface area contributed by atoms with Crippen molar-refractivity contribution in [1.82, 2.24) is 10.1 Å². The molecule has 0 fully saturated rings. The summed E-state index contributed by atoms with van der Waals surface area (Å²) in [6.45, 7) is 0.920. The van der Waals surface area contributed by atoms with Gasteiger partial charge in [-0.15, -0.1) is 5.10 Å². The number of nitrogens with zero attached hydrogens (tertiary/aromatic N) is 3. The monoisotopic (exact) mass is 478 g/mol. The fourth-order valence-electron chi connectivity index (χ4n) is 3.34. The third-order valence-corrected chi connectivity index (χ3v) is 5.27. The van der Waals surface area contributed by atoms with Gasteiger partial charge in [-0.25, -0.2) is 20.3 Å². The van der Waals surface area contributed by atoms with Gasteiger partial charge >= 0.3 is 6.18 Å². The summed E-state index contributed by atoms with van der Waals surface area (Å²) in [5.74, 6) is 3.41. The summed E-state index contributed by atoms with van der Waals surface area (Å²) in [4.78, 5) is 16.0. The van der Waals surface area contributed by atoms with E-state index in [2.05, 4.69) is 10.1 Å². The van der Waals surface area contributed by atoms with Gasteiger partial charge in [0, 0.05) is 5.39 Å². The molecule has 1 aromatic heterocycles. The van der Waals surface area contributed by atoms with E-state index in [0.29, 0.717) is 32.7 Å². The number of aliphatic hydroxyl groups is 1. The van der Waals surface area contributed by atoms with Crippen molar-refractivity contribution in [3.8, 4) is 11.1 Å². The first-order valence-corrected chi connectivity index (χ1v) is 10.0. The van der Waals surface area contributed by atoms with Crippen LogP contribution in [0.1, 0.15) is 29.4 Å². The van der Waals surface area contributed by atoms with Crippen molar-refractivity contribution in [2.75, 3.05) is 0 Å². The molecule has 1 atom stereocenters. The van der Waals surface area contributed by atoms with E-state index >= 15 is 0 Å². The van der Waals surface area contributed by atoms with Crippen LogP contribution >= 0.6 is 0 Å². The second kappa shape index (κ2) is 9.23. The number of benzene rings is 2. The third kappa shape index (κ3) is 4.92. The van der Waals surface area contributed by atoms with E-state index in [1.165, 1.54) is 30.3 Å². The Morgan fingerprint density at radius 2 is 1.76 bits per heavy atom. The van der Waals surface area contributed by atoms with Gasteiger partial charge < -0.3 is 16.6 Å². The predicted molar refractivity (Wildman–Crippen MR) is 118 cm³/mol. The molecule has 12 heteroatoms. The number of hydrogen-bond donors (Lipinski definition) is 4. The average molecular weight is 478 g/mol. The lowest BCUT2D eigenvalue weighted by molar-refractivity contribution is -0.232. The maximum absolute atomic E-state index is 13.3. The highest BCUT2D eigenvalue weighted by atomic mass is 19.4. The minimum absolute atomic E-state index is 0.0333. The summed E-state index contributed by atoms with van der Waals surface area (Å²) in [5.41, 5.74) is 9.47. The number of pyridine rings is 1. The highest BCUT2D eigenvalue weighted by Crippen LogP contribution is 2.33. The zero-order chi connectivity index (χ0) is 25.3. The molecule has 34 heavy (non-hydrogen) atoms. The van der Waals surface area contributed by atoms with Gasteiger partial charge in [-0.05, 0) is 47.4 Å². The van der Waals surface area contributed by atoms with Gasteiger partial charge in [-0.3, -0.25) is 4.79 Å². The summed E-state index contributed by atoms with van der Waals surface area (Å²) < 4.78 is 52.9. The molecule has 1 heterocycles. The molecule has 0 aliphatic heterocycles. The molecule has 0 aliphatic carbocycles. The van der Waals surface area contributed by atoms with Gasteiger partial charge in [0.2, 0.25) is 5.60 Å². The lowest BCUT2D eigenvalue weighted by Crippen LogP contribution is -2.56. The van der Waals surface area contributed by atoms with Crippen LogP contribution in [-0.4, -0.2) is 38.7 Å². The number of aromatic nitrogens is 1. The van der Waals surface area contributed by atoms with Gasteiger partial charge in [0.1, 0.15) is 11.5 Å². The average Bonchev–Trinajstić information content (AvgIpc) is 2.77. The topological polar surface area (TPSA) is 144 Å². The summed E-state index contributed by atoms with van der Waals surface area (Å²) in [6, 6.07) is 12.0. The minimum atomic E-state index is -5.04. The molecular formula is C22H22F4N6O2. The molecule has 7 N–H and O–H groups in total. The molecule has 0 spiro atoms. The number of halogens is 4. The number of fused-ring (bicyclic) bond motifs is 1. The van der Waals surface area contributed by atoms with Crippen LogP contribution in [0.15, 0.2) is 53.6 Å². The van der Waals surface area contributed by atoms with Crippen LogP contribution in [0.4, 0.5) is 17.6 Å². The number of amidine groups is 1. The van der Waals surface area contributed by atoms with Gasteiger partial charge in [0.25, 0.3) is 5.91 Å². The summed E-state index contributed by atoms with van der Waals surface area (Å²) in [5, 5.41) is 14.6. The maximum atomic E-state index is 13.3. The van der Waals surface area contributed by atoms with E-state index in [-0.39, 0.29) is 12.2 Å². The van der Waals surface area contributed by atoms with Gasteiger partial charge in [0.15, 0.2) is 5.84 Å². The van der Waals surface area contributed by atoms with E-state index in [4.69, 9.17) is 17.3 Å². The highest BCUT2D eigenvalue weighted by molar-refractivity contribution is 6.01. The molecule has 3 rings (SSSR count). The third-order valence-electron chi connectivity index (χ3n) is 5.27.